The Kier molecular flexibility index (Phi) is 6.10. The van der Waals surface area contributed by atoms with Crippen molar-refractivity contribution in [2.24, 2.45) is 0 Å². The molecule has 0 aliphatic heterocycles. The highest BCUT2D eigenvalue weighted by molar-refractivity contribution is 6.09. The van der Waals surface area contributed by atoms with Gasteiger partial charge in [-0.2, -0.15) is 0 Å². The van der Waals surface area contributed by atoms with Crippen LogP contribution in [0.25, 0.3) is 11.0 Å². The molecular weight excluding hydrogens is 386 g/mol. The summed E-state index contributed by atoms with van der Waals surface area (Å²) in [6, 6.07) is 8.04. The van der Waals surface area contributed by atoms with E-state index in [1.54, 1.807) is 31.2 Å². The molecule has 2 heterocycles. The third kappa shape index (κ3) is 4.14. The Balaban J connectivity index is 1.94. The van der Waals surface area contributed by atoms with Gasteiger partial charge >= 0.3 is 5.69 Å². The van der Waals surface area contributed by atoms with Crippen LogP contribution in [0, 0.1) is 0 Å². The topological polar surface area (TPSA) is 126 Å². The molecule has 156 valence electrons. The van der Waals surface area contributed by atoms with Crippen molar-refractivity contribution in [2.75, 3.05) is 5.32 Å². The summed E-state index contributed by atoms with van der Waals surface area (Å²) in [5, 5.41) is 5.70. The number of para-hydroxylation sites is 1. The van der Waals surface area contributed by atoms with E-state index in [4.69, 9.17) is 0 Å². The van der Waals surface area contributed by atoms with Gasteiger partial charge in [0.05, 0.1) is 22.2 Å². The number of hydrogen-bond acceptors (Lipinski definition) is 5. The number of fused-ring (bicyclic) bond motifs is 1. The summed E-state index contributed by atoms with van der Waals surface area (Å²) in [7, 11) is 0. The van der Waals surface area contributed by atoms with Gasteiger partial charge in [-0.15, -0.1) is 0 Å². The number of rotatable bonds is 6. The van der Waals surface area contributed by atoms with E-state index in [9.17, 15) is 19.2 Å². The Labute approximate surface area is 172 Å². The van der Waals surface area contributed by atoms with Gasteiger partial charge in [-0.3, -0.25) is 23.9 Å². The predicted molar refractivity (Wildman–Crippen MR) is 114 cm³/mol. The molecular formula is C21H23N5O4. The number of H-pyrrole nitrogens is 1. The maximum atomic E-state index is 12.8. The molecule has 0 fully saturated rings. The number of aromatic nitrogens is 3. The number of hydrogen-bond donors (Lipinski definition) is 3. The lowest BCUT2D eigenvalue weighted by atomic mass is 10.1. The molecule has 9 heteroatoms. The number of carbonyl (C=O) groups is 2. The van der Waals surface area contributed by atoms with Gasteiger partial charge in [-0.25, -0.2) is 9.78 Å². The third-order valence-electron chi connectivity index (χ3n) is 4.82. The minimum Gasteiger partial charge on any atom is -0.350 e. The molecule has 2 amide bonds. The fourth-order valence-corrected chi connectivity index (χ4v) is 2.97. The van der Waals surface area contributed by atoms with Crippen LogP contribution < -0.4 is 21.9 Å². The first-order valence-corrected chi connectivity index (χ1v) is 9.69. The van der Waals surface area contributed by atoms with Crippen LogP contribution >= 0.6 is 0 Å². The lowest BCUT2D eigenvalue weighted by Gasteiger charge is -2.15. The van der Waals surface area contributed by atoms with Gasteiger partial charge in [0, 0.05) is 18.8 Å². The van der Waals surface area contributed by atoms with Crippen LogP contribution in [0.2, 0.25) is 0 Å². The smallest absolute Gasteiger partial charge is 0.329 e. The second kappa shape index (κ2) is 8.73. The summed E-state index contributed by atoms with van der Waals surface area (Å²) in [5.74, 6) is -0.817. The van der Waals surface area contributed by atoms with Crippen molar-refractivity contribution in [1.82, 2.24) is 19.9 Å². The van der Waals surface area contributed by atoms with Crippen molar-refractivity contribution in [3.8, 4) is 0 Å². The molecule has 0 unspecified atom stereocenters. The van der Waals surface area contributed by atoms with E-state index < -0.39 is 17.2 Å². The molecule has 1 atom stereocenters. The van der Waals surface area contributed by atoms with Crippen LogP contribution in [0.3, 0.4) is 0 Å². The number of benzene rings is 1. The maximum Gasteiger partial charge on any atom is 0.329 e. The Bertz CT molecular complexity index is 1230. The van der Waals surface area contributed by atoms with Crippen molar-refractivity contribution in [3.05, 3.63) is 68.5 Å². The molecule has 0 aliphatic rings. The first kappa shape index (κ1) is 21.0. The van der Waals surface area contributed by atoms with E-state index in [1.165, 1.54) is 16.8 Å². The van der Waals surface area contributed by atoms with Crippen molar-refractivity contribution in [1.29, 1.82) is 0 Å². The second-order valence-electron chi connectivity index (χ2n) is 6.88. The van der Waals surface area contributed by atoms with Crippen LogP contribution in [-0.2, 0) is 6.54 Å². The van der Waals surface area contributed by atoms with Crippen LogP contribution in [0.4, 0.5) is 5.69 Å². The van der Waals surface area contributed by atoms with E-state index in [-0.39, 0.29) is 28.5 Å². The number of aromatic amines is 1. The molecule has 30 heavy (non-hydrogen) atoms. The van der Waals surface area contributed by atoms with E-state index in [0.29, 0.717) is 17.8 Å². The summed E-state index contributed by atoms with van der Waals surface area (Å²) in [4.78, 5) is 55.7. The van der Waals surface area contributed by atoms with Crippen LogP contribution in [-0.4, -0.2) is 32.4 Å². The van der Waals surface area contributed by atoms with Crippen LogP contribution in [0.1, 0.15) is 47.9 Å². The summed E-state index contributed by atoms with van der Waals surface area (Å²) in [6.45, 7) is 5.94. The Morgan fingerprint density at radius 1 is 1.17 bits per heavy atom. The number of anilines is 1. The summed E-state index contributed by atoms with van der Waals surface area (Å²) >= 11 is 0. The summed E-state index contributed by atoms with van der Waals surface area (Å²) < 4.78 is 1.31. The number of amides is 2. The average Bonchev–Trinajstić information content (AvgIpc) is 2.74. The highest BCUT2D eigenvalue weighted by Gasteiger charge is 2.17. The highest BCUT2D eigenvalue weighted by Crippen LogP contribution is 2.17. The standard InChI is InChI=1S/C21H23N5O4/c1-4-12(3)23-19(28)14-8-6-7-9-16(14)24-18(27)13-10-15-17(22-11-13)26(5-2)21(30)25-20(15)29/h6-12H,4-5H2,1-3H3,(H,23,28)(H,24,27)(H,25,29,30)/t12-/m1/s1. The third-order valence-corrected chi connectivity index (χ3v) is 4.82. The molecule has 9 nitrogen and oxygen atoms in total. The van der Waals surface area contributed by atoms with Crippen LogP contribution in [0.15, 0.2) is 46.1 Å². The van der Waals surface area contributed by atoms with Crippen molar-refractivity contribution >= 4 is 28.5 Å². The summed E-state index contributed by atoms with van der Waals surface area (Å²) in [5.41, 5.74) is -0.160. The largest absolute Gasteiger partial charge is 0.350 e. The van der Waals surface area contributed by atoms with E-state index in [1.807, 2.05) is 13.8 Å². The van der Waals surface area contributed by atoms with Gasteiger partial charge in [0.1, 0.15) is 5.65 Å². The zero-order chi connectivity index (χ0) is 21.8. The maximum absolute atomic E-state index is 12.8. The summed E-state index contributed by atoms with van der Waals surface area (Å²) in [6.07, 6.45) is 2.07. The number of nitrogens with zero attached hydrogens (tertiary/aromatic N) is 2. The fourth-order valence-electron chi connectivity index (χ4n) is 2.97. The van der Waals surface area contributed by atoms with Gasteiger partial charge in [0.25, 0.3) is 17.4 Å². The average molecular weight is 409 g/mol. The molecule has 0 bridgehead atoms. The molecule has 0 spiro atoms. The van der Waals surface area contributed by atoms with Gasteiger partial charge in [0.15, 0.2) is 0 Å². The lowest BCUT2D eigenvalue weighted by Crippen LogP contribution is -2.32. The van der Waals surface area contributed by atoms with Gasteiger partial charge in [-0.05, 0) is 38.5 Å². The Hall–Kier alpha value is -3.75. The molecule has 1 aromatic carbocycles. The normalized spacial score (nSPS) is 11.8. The first-order valence-electron chi connectivity index (χ1n) is 9.69. The molecule has 3 aromatic rings. The monoisotopic (exact) mass is 409 g/mol. The highest BCUT2D eigenvalue weighted by atomic mass is 16.2. The molecule has 3 N–H and O–H groups in total. The zero-order valence-electron chi connectivity index (χ0n) is 17.0. The Morgan fingerprint density at radius 3 is 2.60 bits per heavy atom. The fraction of sp³-hybridized carbons (Fsp3) is 0.286. The van der Waals surface area contributed by atoms with Crippen molar-refractivity contribution in [3.63, 3.8) is 0 Å². The SMILES string of the molecule is CC[C@@H](C)NC(=O)c1ccccc1NC(=O)c1cnc2c(c1)c(=O)[nH]c(=O)n2CC. The molecule has 3 rings (SSSR count). The van der Waals surface area contributed by atoms with E-state index in [2.05, 4.69) is 20.6 Å². The lowest BCUT2D eigenvalue weighted by molar-refractivity contribution is 0.0940. The Morgan fingerprint density at radius 2 is 1.90 bits per heavy atom. The minimum atomic E-state index is -0.616. The number of aryl methyl sites for hydroxylation is 1. The molecule has 0 saturated carbocycles. The minimum absolute atomic E-state index is 0.00571. The number of pyridine rings is 1. The first-order chi connectivity index (χ1) is 14.3. The molecule has 0 saturated heterocycles. The zero-order valence-corrected chi connectivity index (χ0v) is 17.0. The van der Waals surface area contributed by atoms with Crippen molar-refractivity contribution < 1.29 is 9.59 Å². The van der Waals surface area contributed by atoms with E-state index >= 15 is 0 Å². The van der Waals surface area contributed by atoms with E-state index in [0.717, 1.165) is 6.42 Å². The molecule has 0 radical (unpaired) electrons. The van der Waals surface area contributed by atoms with Gasteiger partial charge in [0.2, 0.25) is 0 Å². The predicted octanol–water partition coefficient (Wildman–Crippen LogP) is 1.89. The molecule has 0 aliphatic carbocycles. The number of nitrogens with one attached hydrogen (secondary N) is 3. The van der Waals surface area contributed by atoms with Gasteiger partial charge in [-0.1, -0.05) is 19.1 Å². The quantitative estimate of drug-likeness (QED) is 0.573. The number of carbonyl (C=O) groups excluding carboxylic acids is 2. The molecule has 2 aromatic heterocycles. The van der Waals surface area contributed by atoms with Gasteiger partial charge < -0.3 is 10.6 Å². The van der Waals surface area contributed by atoms with Crippen LogP contribution in [0.5, 0.6) is 0 Å². The second-order valence-corrected chi connectivity index (χ2v) is 6.88. The van der Waals surface area contributed by atoms with Crippen molar-refractivity contribution in [2.45, 2.75) is 39.8 Å².